The van der Waals surface area contributed by atoms with Gasteiger partial charge in [0.15, 0.2) is 0 Å². The molecule has 0 unspecified atom stereocenters. The fourth-order valence-corrected chi connectivity index (χ4v) is 4.60. The van der Waals surface area contributed by atoms with Crippen molar-refractivity contribution in [3.05, 3.63) is 11.6 Å². The van der Waals surface area contributed by atoms with Crippen LogP contribution in [0.2, 0.25) is 0 Å². The van der Waals surface area contributed by atoms with Gasteiger partial charge in [-0.2, -0.15) is 0 Å². The Balaban J connectivity index is 3.45. The molecule has 2 heteroatoms. The Labute approximate surface area is 196 Å². The first-order valence-electron chi connectivity index (χ1n) is 13.9. The third kappa shape index (κ3) is 20.8. The van der Waals surface area contributed by atoms with Gasteiger partial charge < -0.3 is 4.74 Å². The van der Waals surface area contributed by atoms with Crippen LogP contribution >= 0.6 is 0 Å². The van der Waals surface area contributed by atoms with E-state index < -0.39 is 0 Å². The maximum Gasteiger partial charge on any atom is 0.333 e. The van der Waals surface area contributed by atoms with E-state index in [9.17, 15) is 4.79 Å². The molecule has 0 rings (SSSR count). The van der Waals surface area contributed by atoms with Crippen LogP contribution in [0.4, 0.5) is 0 Å². The summed E-state index contributed by atoms with van der Waals surface area (Å²) in [7, 11) is 0. The van der Waals surface area contributed by atoms with Gasteiger partial charge in [-0.1, -0.05) is 136 Å². The second kappa shape index (κ2) is 22.4. The second-order valence-corrected chi connectivity index (χ2v) is 9.98. The molecule has 0 fully saturated rings. The van der Waals surface area contributed by atoms with Crippen LogP contribution in [0.15, 0.2) is 11.6 Å². The third-order valence-electron chi connectivity index (χ3n) is 6.46. The molecule has 0 aromatic heterocycles. The molecule has 0 N–H and O–H groups in total. The van der Waals surface area contributed by atoms with Gasteiger partial charge in [0.25, 0.3) is 0 Å². The Hall–Kier alpha value is -0.790. The lowest BCUT2D eigenvalue weighted by atomic mass is 9.91. The molecule has 0 saturated carbocycles. The Kier molecular flexibility index (Phi) is 21.8. The minimum atomic E-state index is -0.167. The molecular weight excluding hydrogens is 380 g/mol. The van der Waals surface area contributed by atoms with Crippen molar-refractivity contribution in [2.45, 2.75) is 150 Å². The van der Waals surface area contributed by atoms with Crippen molar-refractivity contribution in [2.24, 2.45) is 11.8 Å². The van der Waals surface area contributed by atoms with E-state index >= 15 is 0 Å². The first-order chi connectivity index (χ1) is 15.0. The number of esters is 1. The normalized spacial score (nSPS) is 13.9. The topological polar surface area (TPSA) is 26.3 Å². The van der Waals surface area contributed by atoms with Gasteiger partial charge in [-0.05, 0) is 32.1 Å². The summed E-state index contributed by atoms with van der Waals surface area (Å²) in [6, 6.07) is 0. The largest absolute Gasteiger partial charge is 0.463 e. The quantitative estimate of drug-likeness (QED) is 0.0958. The first-order valence-corrected chi connectivity index (χ1v) is 13.9. The van der Waals surface area contributed by atoms with Gasteiger partial charge >= 0.3 is 5.97 Å². The third-order valence-corrected chi connectivity index (χ3v) is 6.46. The fraction of sp³-hybridized carbons (Fsp3) is 0.897. The van der Waals surface area contributed by atoms with Crippen molar-refractivity contribution >= 4 is 5.97 Å². The highest BCUT2D eigenvalue weighted by atomic mass is 16.5. The molecular formula is C29H56O2. The maximum absolute atomic E-state index is 11.7. The molecule has 0 aliphatic carbocycles. The van der Waals surface area contributed by atoms with Crippen molar-refractivity contribution < 1.29 is 9.53 Å². The predicted octanol–water partition coefficient (Wildman–Crippen LogP) is 9.81. The van der Waals surface area contributed by atoms with Crippen LogP contribution < -0.4 is 0 Å². The summed E-state index contributed by atoms with van der Waals surface area (Å²) in [5.74, 6) is 1.01. The van der Waals surface area contributed by atoms with Crippen molar-refractivity contribution in [1.82, 2.24) is 0 Å². The average Bonchev–Trinajstić information content (AvgIpc) is 2.73. The van der Waals surface area contributed by atoms with Gasteiger partial charge in [0, 0.05) is 5.57 Å². The maximum atomic E-state index is 11.7. The molecule has 0 radical (unpaired) electrons. The Morgan fingerprint density at radius 3 is 1.55 bits per heavy atom. The summed E-state index contributed by atoms with van der Waals surface area (Å²) >= 11 is 0. The lowest BCUT2D eigenvalue weighted by Crippen LogP contribution is -2.08. The minimum Gasteiger partial charge on any atom is -0.463 e. The van der Waals surface area contributed by atoms with Crippen LogP contribution in [0.25, 0.3) is 0 Å². The van der Waals surface area contributed by atoms with Gasteiger partial charge in [-0.15, -0.1) is 0 Å². The summed E-state index contributed by atoms with van der Waals surface area (Å²) in [4.78, 5) is 11.7. The molecule has 0 aromatic carbocycles. The molecule has 0 saturated heterocycles. The average molecular weight is 437 g/mol. The van der Waals surface area contributed by atoms with E-state index in [-0.39, 0.29) is 5.97 Å². The van der Waals surface area contributed by atoms with E-state index in [1.54, 1.807) is 0 Å². The fourth-order valence-electron chi connectivity index (χ4n) is 4.60. The number of carbonyl (C=O) groups is 1. The van der Waals surface area contributed by atoms with Crippen LogP contribution in [0.1, 0.15) is 150 Å². The lowest BCUT2D eigenvalue weighted by molar-refractivity contribution is -0.138. The highest BCUT2D eigenvalue weighted by Crippen LogP contribution is 2.21. The highest BCUT2D eigenvalue weighted by molar-refractivity contribution is 5.87. The minimum absolute atomic E-state index is 0.167. The monoisotopic (exact) mass is 436 g/mol. The molecule has 0 aromatic rings. The van der Waals surface area contributed by atoms with Crippen molar-refractivity contribution in [3.63, 3.8) is 0 Å². The van der Waals surface area contributed by atoms with E-state index in [2.05, 4.69) is 26.8 Å². The summed E-state index contributed by atoms with van der Waals surface area (Å²) in [6.07, 6.45) is 27.4. The van der Waals surface area contributed by atoms with Crippen molar-refractivity contribution in [2.75, 3.05) is 6.61 Å². The van der Waals surface area contributed by atoms with E-state index in [1.165, 1.54) is 109 Å². The molecule has 0 heterocycles. The number of rotatable bonds is 22. The molecule has 2 nitrogen and oxygen atoms in total. The highest BCUT2D eigenvalue weighted by Gasteiger charge is 2.10. The zero-order chi connectivity index (χ0) is 23.2. The van der Waals surface area contributed by atoms with E-state index in [1.807, 2.05) is 13.8 Å². The number of hydrogen-bond acceptors (Lipinski definition) is 2. The molecule has 31 heavy (non-hydrogen) atoms. The Morgan fingerprint density at radius 2 is 1.13 bits per heavy atom. The zero-order valence-electron chi connectivity index (χ0n) is 22.0. The van der Waals surface area contributed by atoms with E-state index in [0.717, 1.165) is 17.9 Å². The van der Waals surface area contributed by atoms with Gasteiger partial charge in [0.2, 0.25) is 0 Å². The standard InChI is InChI=1S/C29H56O2/c1-6-8-9-10-11-12-13-14-15-16-17-18-19-20-21-22-23-26(3)24-27(4)25-28(5)29(30)31-7-2/h25-27H,6-24H2,1-5H3/b28-25+/t26-,27-/m0/s1. The van der Waals surface area contributed by atoms with Crippen LogP contribution in [0, 0.1) is 11.8 Å². The Bertz CT molecular complexity index is 426. The number of unbranched alkanes of at least 4 members (excludes halogenated alkanes) is 15. The van der Waals surface area contributed by atoms with Crippen LogP contribution in [-0.2, 0) is 9.53 Å². The lowest BCUT2D eigenvalue weighted by Gasteiger charge is -2.15. The van der Waals surface area contributed by atoms with Crippen molar-refractivity contribution in [3.8, 4) is 0 Å². The Morgan fingerprint density at radius 1 is 0.710 bits per heavy atom. The smallest absolute Gasteiger partial charge is 0.333 e. The van der Waals surface area contributed by atoms with Crippen LogP contribution in [0.3, 0.4) is 0 Å². The van der Waals surface area contributed by atoms with Gasteiger partial charge in [-0.3, -0.25) is 0 Å². The van der Waals surface area contributed by atoms with Gasteiger partial charge in [0.1, 0.15) is 0 Å². The molecule has 0 aliphatic heterocycles. The molecule has 0 bridgehead atoms. The number of allylic oxidation sites excluding steroid dienone is 1. The zero-order valence-corrected chi connectivity index (χ0v) is 22.0. The van der Waals surface area contributed by atoms with Gasteiger partial charge in [-0.25, -0.2) is 4.79 Å². The number of carbonyl (C=O) groups excluding carboxylic acids is 1. The SMILES string of the molecule is CCCCCCCCCCCCCCCCCC[C@H](C)C[C@H](C)/C=C(\C)C(=O)OCC. The molecule has 0 amide bonds. The summed E-state index contributed by atoms with van der Waals surface area (Å²) in [6.45, 7) is 11.0. The van der Waals surface area contributed by atoms with Crippen LogP contribution in [0.5, 0.6) is 0 Å². The molecule has 2 atom stereocenters. The summed E-state index contributed by atoms with van der Waals surface area (Å²) < 4.78 is 5.07. The second-order valence-electron chi connectivity index (χ2n) is 9.98. The number of ether oxygens (including phenoxy) is 1. The van der Waals surface area contributed by atoms with Crippen molar-refractivity contribution in [1.29, 1.82) is 0 Å². The first kappa shape index (κ1) is 30.2. The predicted molar refractivity (Wildman–Crippen MR) is 137 cm³/mol. The molecule has 0 spiro atoms. The van der Waals surface area contributed by atoms with E-state index in [4.69, 9.17) is 4.74 Å². The van der Waals surface area contributed by atoms with Gasteiger partial charge in [0.05, 0.1) is 6.61 Å². The molecule has 184 valence electrons. The summed E-state index contributed by atoms with van der Waals surface area (Å²) in [5, 5.41) is 0. The molecule has 0 aliphatic rings. The van der Waals surface area contributed by atoms with E-state index in [0.29, 0.717) is 12.5 Å². The number of hydrogen-bond donors (Lipinski definition) is 0. The van der Waals surface area contributed by atoms with Crippen LogP contribution in [-0.4, -0.2) is 12.6 Å². The summed E-state index contributed by atoms with van der Waals surface area (Å²) in [5.41, 5.74) is 0.754.